The number of aryl methyl sites for hydroxylation is 1. The minimum atomic E-state index is -0.270. The van der Waals surface area contributed by atoms with E-state index < -0.39 is 0 Å². The van der Waals surface area contributed by atoms with Gasteiger partial charge < -0.3 is 4.74 Å². The average Bonchev–Trinajstić information content (AvgIpc) is 3.50. The highest BCUT2D eigenvalue weighted by Gasteiger charge is 2.53. The molecule has 3 atom stereocenters. The van der Waals surface area contributed by atoms with E-state index in [1.807, 2.05) is 19.1 Å². The van der Waals surface area contributed by atoms with E-state index in [0.29, 0.717) is 18.4 Å². The van der Waals surface area contributed by atoms with Crippen molar-refractivity contribution in [2.75, 3.05) is 6.61 Å². The Bertz CT molecular complexity index is 942. The SMILES string of the molecule is CCOC(=O)/C=C(\c1ccc(C)cc1)C1[C@@H](c2ccccc2)[C@H]1c1ccccc1. The second kappa shape index (κ2) is 8.48. The summed E-state index contributed by atoms with van der Waals surface area (Å²) in [4.78, 5) is 12.4. The van der Waals surface area contributed by atoms with Crippen molar-refractivity contribution >= 4 is 11.5 Å². The normalized spacial score (nSPS) is 20.9. The Labute approximate surface area is 172 Å². The number of hydrogen-bond donors (Lipinski definition) is 0. The van der Waals surface area contributed by atoms with Gasteiger partial charge in [0.25, 0.3) is 0 Å². The van der Waals surface area contributed by atoms with Gasteiger partial charge in [-0.15, -0.1) is 0 Å². The van der Waals surface area contributed by atoms with Crippen LogP contribution in [0.5, 0.6) is 0 Å². The summed E-state index contributed by atoms with van der Waals surface area (Å²) >= 11 is 0. The molecule has 1 aliphatic carbocycles. The lowest BCUT2D eigenvalue weighted by Gasteiger charge is -2.09. The molecule has 1 unspecified atom stereocenters. The molecule has 0 bridgehead atoms. The van der Waals surface area contributed by atoms with Crippen LogP contribution in [0.2, 0.25) is 0 Å². The first kappa shape index (κ1) is 19.2. The summed E-state index contributed by atoms with van der Waals surface area (Å²) in [5.41, 5.74) is 5.99. The monoisotopic (exact) mass is 382 g/mol. The summed E-state index contributed by atoms with van der Waals surface area (Å²) in [5, 5.41) is 0. The number of hydrogen-bond acceptors (Lipinski definition) is 2. The van der Waals surface area contributed by atoms with E-state index in [4.69, 9.17) is 4.74 Å². The third-order valence-corrected chi connectivity index (χ3v) is 5.69. The summed E-state index contributed by atoms with van der Waals surface area (Å²) < 4.78 is 5.26. The molecule has 0 amide bonds. The second-order valence-electron chi connectivity index (χ2n) is 7.62. The maximum atomic E-state index is 12.4. The predicted molar refractivity (Wildman–Crippen MR) is 118 cm³/mol. The van der Waals surface area contributed by atoms with Gasteiger partial charge in [-0.3, -0.25) is 0 Å². The molecule has 1 saturated carbocycles. The molecular weight excluding hydrogens is 356 g/mol. The molecule has 0 radical (unpaired) electrons. The van der Waals surface area contributed by atoms with Gasteiger partial charge in [-0.05, 0) is 53.9 Å². The van der Waals surface area contributed by atoms with E-state index in [1.165, 1.54) is 16.7 Å². The Morgan fingerprint density at radius 1 is 0.828 bits per heavy atom. The first-order valence-electron chi connectivity index (χ1n) is 10.2. The maximum absolute atomic E-state index is 12.4. The van der Waals surface area contributed by atoms with Gasteiger partial charge in [0.05, 0.1) is 6.61 Å². The van der Waals surface area contributed by atoms with Gasteiger partial charge in [0.2, 0.25) is 0 Å². The Morgan fingerprint density at radius 3 is 1.83 bits per heavy atom. The third-order valence-electron chi connectivity index (χ3n) is 5.69. The largest absolute Gasteiger partial charge is 0.463 e. The molecule has 0 heterocycles. The number of rotatable bonds is 6. The Morgan fingerprint density at radius 2 is 1.34 bits per heavy atom. The van der Waals surface area contributed by atoms with Gasteiger partial charge in [-0.2, -0.15) is 0 Å². The highest BCUT2D eigenvalue weighted by Crippen LogP contribution is 2.65. The summed E-state index contributed by atoms with van der Waals surface area (Å²) in [7, 11) is 0. The lowest BCUT2D eigenvalue weighted by atomic mass is 9.96. The lowest BCUT2D eigenvalue weighted by molar-refractivity contribution is -0.137. The maximum Gasteiger partial charge on any atom is 0.331 e. The number of allylic oxidation sites excluding steroid dienone is 1. The van der Waals surface area contributed by atoms with Gasteiger partial charge >= 0.3 is 5.97 Å². The number of esters is 1. The quantitative estimate of drug-likeness (QED) is 0.378. The second-order valence-corrected chi connectivity index (χ2v) is 7.62. The third kappa shape index (κ3) is 4.17. The van der Waals surface area contributed by atoms with Crippen LogP contribution in [-0.2, 0) is 9.53 Å². The van der Waals surface area contributed by atoms with E-state index in [0.717, 1.165) is 11.1 Å². The molecule has 3 aromatic carbocycles. The molecular formula is C27H26O2. The van der Waals surface area contributed by atoms with Crippen molar-refractivity contribution < 1.29 is 9.53 Å². The van der Waals surface area contributed by atoms with Crippen LogP contribution < -0.4 is 0 Å². The number of ether oxygens (including phenoxy) is 1. The van der Waals surface area contributed by atoms with Gasteiger partial charge in [0.1, 0.15) is 0 Å². The zero-order chi connectivity index (χ0) is 20.2. The summed E-state index contributed by atoms with van der Waals surface area (Å²) in [6, 6.07) is 29.7. The smallest absolute Gasteiger partial charge is 0.331 e. The zero-order valence-electron chi connectivity index (χ0n) is 16.9. The molecule has 1 aliphatic rings. The van der Waals surface area contributed by atoms with Crippen LogP contribution >= 0.6 is 0 Å². The standard InChI is InChI=1S/C27H26O2/c1-3-29-24(28)18-23(20-16-14-19(2)15-17-20)27-25(21-10-6-4-7-11-21)26(27)22-12-8-5-9-13-22/h4-18,25-27H,3H2,1-2H3/b23-18+/t25-,26+,27?. The first-order valence-corrected chi connectivity index (χ1v) is 10.2. The summed E-state index contributed by atoms with van der Waals surface area (Å²) in [5.74, 6) is 0.668. The fourth-order valence-electron chi connectivity index (χ4n) is 4.31. The molecule has 4 rings (SSSR count). The summed E-state index contributed by atoms with van der Waals surface area (Å²) in [6.07, 6.45) is 1.71. The molecule has 2 heteroatoms. The van der Waals surface area contributed by atoms with E-state index in [1.54, 1.807) is 6.08 Å². The Balaban J connectivity index is 1.78. The van der Waals surface area contributed by atoms with E-state index >= 15 is 0 Å². The Hall–Kier alpha value is -3.13. The van der Waals surface area contributed by atoms with Crippen molar-refractivity contribution in [2.24, 2.45) is 5.92 Å². The van der Waals surface area contributed by atoms with Crippen LogP contribution in [0.3, 0.4) is 0 Å². The first-order chi connectivity index (χ1) is 14.2. The van der Waals surface area contributed by atoms with Gasteiger partial charge in [-0.1, -0.05) is 90.5 Å². The molecule has 3 aromatic rings. The highest BCUT2D eigenvalue weighted by molar-refractivity contribution is 5.93. The van der Waals surface area contributed by atoms with E-state index in [-0.39, 0.29) is 11.9 Å². The molecule has 0 spiro atoms. The van der Waals surface area contributed by atoms with Crippen LogP contribution in [0.1, 0.15) is 41.0 Å². The lowest BCUT2D eigenvalue weighted by Crippen LogP contribution is -2.03. The topological polar surface area (TPSA) is 26.3 Å². The van der Waals surface area contributed by atoms with Crippen LogP contribution in [0.15, 0.2) is 91.0 Å². The van der Waals surface area contributed by atoms with Crippen molar-refractivity contribution in [2.45, 2.75) is 25.7 Å². The van der Waals surface area contributed by atoms with E-state index in [2.05, 4.69) is 79.7 Å². The van der Waals surface area contributed by atoms with Crippen molar-refractivity contribution in [3.8, 4) is 0 Å². The minimum absolute atomic E-state index is 0.243. The minimum Gasteiger partial charge on any atom is -0.463 e. The van der Waals surface area contributed by atoms with Gasteiger partial charge in [0.15, 0.2) is 0 Å². The molecule has 0 saturated heterocycles. The average molecular weight is 383 g/mol. The summed E-state index contributed by atoms with van der Waals surface area (Å²) in [6.45, 7) is 4.30. The number of carbonyl (C=O) groups is 1. The van der Waals surface area contributed by atoms with Crippen molar-refractivity contribution in [3.05, 3.63) is 113 Å². The molecule has 0 N–H and O–H groups in total. The molecule has 2 nitrogen and oxygen atoms in total. The Kier molecular flexibility index (Phi) is 5.62. The molecule has 146 valence electrons. The fourth-order valence-corrected chi connectivity index (χ4v) is 4.31. The highest BCUT2D eigenvalue weighted by atomic mass is 16.5. The van der Waals surface area contributed by atoms with Gasteiger partial charge in [0, 0.05) is 6.08 Å². The van der Waals surface area contributed by atoms with Gasteiger partial charge in [-0.25, -0.2) is 4.79 Å². The number of benzene rings is 3. The molecule has 0 aromatic heterocycles. The van der Waals surface area contributed by atoms with Crippen molar-refractivity contribution in [1.29, 1.82) is 0 Å². The van der Waals surface area contributed by atoms with E-state index in [9.17, 15) is 4.79 Å². The van der Waals surface area contributed by atoms with Crippen LogP contribution in [0.4, 0.5) is 0 Å². The molecule has 0 aliphatic heterocycles. The predicted octanol–water partition coefficient (Wildman–Crippen LogP) is 6.14. The zero-order valence-corrected chi connectivity index (χ0v) is 16.9. The van der Waals surface area contributed by atoms with Crippen LogP contribution in [0.25, 0.3) is 5.57 Å². The fraction of sp³-hybridized carbons (Fsp3) is 0.222. The molecule has 29 heavy (non-hydrogen) atoms. The number of carbonyl (C=O) groups excluding carboxylic acids is 1. The van der Waals surface area contributed by atoms with Crippen molar-refractivity contribution in [3.63, 3.8) is 0 Å². The molecule has 1 fully saturated rings. The van der Waals surface area contributed by atoms with Crippen molar-refractivity contribution in [1.82, 2.24) is 0 Å². The van der Waals surface area contributed by atoms with Crippen LogP contribution in [-0.4, -0.2) is 12.6 Å². The van der Waals surface area contributed by atoms with Crippen LogP contribution in [0, 0.1) is 12.8 Å².